The lowest BCUT2D eigenvalue weighted by Gasteiger charge is -2.50. The highest BCUT2D eigenvalue weighted by atomic mass is 32.2. The van der Waals surface area contributed by atoms with Crippen molar-refractivity contribution >= 4 is 44.8 Å². The van der Waals surface area contributed by atoms with E-state index in [1.165, 1.54) is 31.1 Å². The van der Waals surface area contributed by atoms with Crippen LogP contribution in [0.1, 0.15) is 33.7 Å². The van der Waals surface area contributed by atoms with Crippen LogP contribution >= 0.6 is 11.5 Å². The van der Waals surface area contributed by atoms with Crippen LogP contribution in [0, 0.1) is 25.7 Å². The quantitative estimate of drug-likeness (QED) is 0.245. The second kappa shape index (κ2) is 9.98. The van der Waals surface area contributed by atoms with Gasteiger partial charge in [-0.3, -0.25) is 19.3 Å². The number of sulfonamides is 1. The first-order valence-electron chi connectivity index (χ1n) is 12.9. The van der Waals surface area contributed by atoms with Gasteiger partial charge in [0.25, 0.3) is 5.91 Å². The lowest BCUT2D eigenvalue weighted by Crippen LogP contribution is -2.65. The second-order valence-electron chi connectivity index (χ2n) is 11.0. The van der Waals surface area contributed by atoms with Gasteiger partial charge in [0.1, 0.15) is 27.7 Å². The minimum Gasteiger partial charge on any atom is -0.508 e. The van der Waals surface area contributed by atoms with Gasteiger partial charge in [-0.25, -0.2) is 13.1 Å². The van der Waals surface area contributed by atoms with Gasteiger partial charge >= 0.3 is 0 Å². The minimum absolute atomic E-state index is 0.0397. The molecule has 15 heteroatoms. The Morgan fingerprint density at radius 3 is 2.45 bits per heavy atom. The summed E-state index contributed by atoms with van der Waals surface area (Å²) in [5.74, 6) is -7.49. The van der Waals surface area contributed by atoms with E-state index in [0.29, 0.717) is 21.7 Å². The fourth-order valence-electron chi connectivity index (χ4n) is 6.58. The van der Waals surface area contributed by atoms with E-state index in [1.54, 1.807) is 13.8 Å². The number of Topliss-reactive ketones (excluding diaryl/α,β-unsaturated/α-hetero) is 2. The molecule has 1 heterocycles. The Balaban J connectivity index is 1.61. The number of amides is 1. The maximum Gasteiger partial charge on any atom is 0.255 e. The molecule has 1 aromatic carbocycles. The summed E-state index contributed by atoms with van der Waals surface area (Å²) in [6, 6.07) is 1.54. The molecule has 3 aliphatic carbocycles. The number of aryl methyl sites for hydroxylation is 2. The average molecular weight is 619 g/mol. The fourth-order valence-corrected chi connectivity index (χ4v) is 8.97. The number of aliphatic hydroxyl groups excluding tert-OH is 2. The number of carbonyl (C=O) groups is 3. The first kappa shape index (κ1) is 29.8. The monoisotopic (exact) mass is 618 g/mol. The van der Waals surface area contributed by atoms with Gasteiger partial charge < -0.3 is 26.2 Å². The number of primary amides is 1. The Labute approximate surface area is 245 Å². The predicted molar refractivity (Wildman–Crippen MR) is 150 cm³/mol. The molecule has 1 saturated carbocycles. The molecule has 7 N–H and O–H groups in total. The number of nitrogens with zero attached hydrogens (tertiary/aromatic N) is 2. The van der Waals surface area contributed by atoms with Crippen molar-refractivity contribution in [2.75, 3.05) is 14.1 Å². The zero-order valence-electron chi connectivity index (χ0n) is 23.1. The van der Waals surface area contributed by atoms with E-state index in [0.717, 1.165) is 11.5 Å². The van der Waals surface area contributed by atoms with Crippen molar-refractivity contribution in [2.24, 2.45) is 17.6 Å². The van der Waals surface area contributed by atoms with Gasteiger partial charge in [0.05, 0.1) is 17.3 Å². The highest BCUT2D eigenvalue weighted by molar-refractivity contribution is 7.89. The zero-order chi connectivity index (χ0) is 31.0. The Kier molecular flexibility index (Phi) is 7.09. The van der Waals surface area contributed by atoms with Crippen LogP contribution in [-0.2, 0) is 37.4 Å². The number of aliphatic hydroxyl groups is 3. The number of nitrogens with two attached hydrogens (primary N) is 1. The van der Waals surface area contributed by atoms with Crippen LogP contribution < -0.4 is 10.5 Å². The Bertz CT molecular complexity index is 1720. The molecule has 3 aliphatic rings. The third-order valence-corrected chi connectivity index (χ3v) is 11.0. The van der Waals surface area contributed by atoms with Gasteiger partial charge in [0, 0.05) is 22.9 Å². The van der Waals surface area contributed by atoms with Gasteiger partial charge in [0.15, 0.2) is 11.4 Å². The summed E-state index contributed by atoms with van der Waals surface area (Å²) in [4.78, 5) is 41.2. The van der Waals surface area contributed by atoms with E-state index in [9.17, 15) is 43.2 Å². The maximum atomic E-state index is 13.9. The molecule has 1 aromatic heterocycles. The number of ketones is 2. The van der Waals surface area contributed by atoms with Crippen molar-refractivity contribution in [3.05, 3.63) is 56.3 Å². The molecule has 4 unspecified atom stereocenters. The number of aromatic hydroxyl groups is 1. The fraction of sp³-hybridized carbons (Fsp3) is 0.407. The van der Waals surface area contributed by atoms with Crippen molar-refractivity contribution in [3.8, 4) is 5.75 Å². The summed E-state index contributed by atoms with van der Waals surface area (Å²) in [6.45, 7) is 3.02. The van der Waals surface area contributed by atoms with Gasteiger partial charge in [-0.2, -0.15) is 4.37 Å². The molecule has 0 bridgehead atoms. The molecule has 0 aliphatic heterocycles. The van der Waals surface area contributed by atoms with Crippen LogP contribution in [0.25, 0.3) is 5.76 Å². The van der Waals surface area contributed by atoms with Crippen LogP contribution in [0.15, 0.2) is 33.9 Å². The van der Waals surface area contributed by atoms with Crippen LogP contribution in [0.2, 0.25) is 0 Å². The number of likely N-dealkylation sites (N-methyl/N-ethyl adjacent to an activating group) is 1. The molecule has 42 heavy (non-hydrogen) atoms. The van der Waals surface area contributed by atoms with Crippen molar-refractivity contribution < 1.29 is 43.2 Å². The number of hydrogen-bond acceptors (Lipinski definition) is 12. The summed E-state index contributed by atoms with van der Waals surface area (Å²) in [5.41, 5.74) is 2.46. The molecule has 5 rings (SSSR count). The molecule has 1 fully saturated rings. The van der Waals surface area contributed by atoms with Gasteiger partial charge in [-0.15, -0.1) is 0 Å². The summed E-state index contributed by atoms with van der Waals surface area (Å²) in [6.07, 6.45) is -0.0381. The standard InChI is InChI=1S/C27H30N4O9S2/c1-10-23(11(2)41-30-10)42(39,40)29-9-12-5-6-16(32)18-14(12)7-13-8-15-20(31(3)4)22(34)19(26(28)37)25(36)27(15,38)24(35)17(13)21(18)33/h5-6,13,15,20,29,32-33,36,38H,7-9H2,1-4H3,(H2,28,37). The van der Waals surface area contributed by atoms with Gasteiger partial charge in [-0.1, -0.05) is 6.07 Å². The van der Waals surface area contributed by atoms with Crippen molar-refractivity contribution in [1.82, 2.24) is 14.0 Å². The molecule has 0 radical (unpaired) electrons. The van der Waals surface area contributed by atoms with E-state index in [2.05, 4.69) is 9.10 Å². The third-order valence-electron chi connectivity index (χ3n) is 8.39. The number of carbonyl (C=O) groups excluding carboxylic acids is 3. The van der Waals surface area contributed by atoms with E-state index < -0.39 is 73.8 Å². The Morgan fingerprint density at radius 2 is 1.88 bits per heavy atom. The minimum atomic E-state index is -3.96. The maximum absolute atomic E-state index is 13.9. The normalized spacial score (nSPS) is 25.9. The zero-order valence-corrected chi connectivity index (χ0v) is 24.8. The van der Waals surface area contributed by atoms with Crippen LogP contribution in [0.4, 0.5) is 0 Å². The largest absolute Gasteiger partial charge is 0.508 e. The molecule has 224 valence electrons. The second-order valence-corrected chi connectivity index (χ2v) is 13.7. The molecular weight excluding hydrogens is 588 g/mol. The molecule has 13 nitrogen and oxygen atoms in total. The van der Waals surface area contributed by atoms with Crippen LogP contribution in [0.5, 0.6) is 5.75 Å². The van der Waals surface area contributed by atoms with E-state index in [4.69, 9.17) is 5.73 Å². The molecule has 2 aromatic rings. The lowest BCUT2D eigenvalue weighted by molar-refractivity contribution is -0.153. The number of phenols is 1. The SMILES string of the molecule is Cc1nsc(C)c1S(=O)(=O)NCc1ccc(O)c2c1CC1CC3C(N(C)C)C(=O)C(C(N)=O)=C(O)C3(O)C(=O)C1=C2O. The number of rotatable bonds is 6. The first-order chi connectivity index (χ1) is 19.5. The number of nitrogens with one attached hydrogen (secondary N) is 1. The number of phenolic OH excluding ortho intramolecular Hbond substituents is 1. The number of hydrogen-bond donors (Lipinski definition) is 6. The van der Waals surface area contributed by atoms with E-state index in [-0.39, 0.29) is 35.4 Å². The van der Waals surface area contributed by atoms with Gasteiger partial charge in [-0.05, 0) is 75.4 Å². The summed E-state index contributed by atoms with van der Waals surface area (Å²) in [5, 5.41) is 44.7. The Morgan fingerprint density at radius 1 is 1.21 bits per heavy atom. The highest BCUT2D eigenvalue weighted by Gasteiger charge is 2.64. The summed E-state index contributed by atoms with van der Waals surface area (Å²) >= 11 is 1.06. The lowest BCUT2D eigenvalue weighted by atomic mass is 9.57. The van der Waals surface area contributed by atoms with Crippen LogP contribution in [-0.4, -0.2) is 81.3 Å². The number of aromatic nitrogens is 1. The van der Waals surface area contributed by atoms with Crippen LogP contribution in [0.3, 0.4) is 0 Å². The molecule has 0 saturated heterocycles. The summed E-state index contributed by atoms with van der Waals surface area (Å²) in [7, 11) is -0.932. The Hall–Kier alpha value is -3.63. The highest BCUT2D eigenvalue weighted by Crippen LogP contribution is 2.53. The topological polar surface area (TPSA) is 220 Å². The smallest absolute Gasteiger partial charge is 0.255 e. The van der Waals surface area contributed by atoms with E-state index in [1.807, 2.05) is 0 Å². The number of fused-ring (bicyclic) bond motifs is 3. The average Bonchev–Trinajstić information content (AvgIpc) is 3.23. The third kappa shape index (κ3) is 4.18. The van der Waals surface area contributed by atoms with Gasteiger partial charge in [0.2, 0.25) is 15.8 Å². The molecule has 0 spiro atoms. The predicted octanol–water partition coefficient (Wildman–Crippen LogP) is 0.516. The van der Waals surface area contributed by atoms with E-state index >= 15 is 0 Å². The van der Waals surface area contributed by atoms with Crippen molar-refractivity contribution in [2.45, 2.75) is 49.8 Å². The molecule has 4 atom stereocenters. The first-order valence-corrected chi connectivity index (χ1v) is 15.2. The molecular formula is C27H30N4O9S2. The van der Waals surface area contributed by atoms with Crippen molar-refractivity contribution in [3.63, 3.8) is 0 Å². The molecule has 1 amide bonds. The summed E-state index contributed by atoms with van der Waals surface area (Å²) < 4.78 is 32.8. The number of benzene rings is 1. The van der Waals surface area contributed by atoms with Crippen molar-refractivity contribution in [1.29, 1.82) is 0 Å².